The molecule has 0 aliphatic carbocycles. The van der Waals surface area contributed by atoms with Gasteiger partial charge in [0.05, 0.1) is 11.3 Å². The molecule has 0 aliphatic heterocycles. The van der Waals surface area contributed by atoms with E-state index in [1.165, 1.54) is 24.4 Å². The second-order valence-corrected chi connectivity index (χ2v) is 3.56. The smallest absolute Gasteiger partial charge is 0.364 e. The number of hydrogen-bond acceptors (Lipinski definition) is 2. The first-order valence-corrected chi connectivity index (χ1v) is 4.91. The molecule has 0 radical (unpaired) electrons. The minimum atomic E-state index is -4.42. The molecule has 0 saturated heterocycles. The van der Waals surface area contributed by atoms with E-state index in [0.29, 0.717) is 0 Å². The van der Waals surface area contributed by atoms with Crippen LogP contribution in [-0.2, 0) is 6.18 Å². The highest BCUT2D eigenvalue weighted by Gasteiger charge is 2.30. The van der Waals surface area contributed by atoms with E-state index in [1.807, 2.05) is 0 Å². The lowest BCUT2D eigenvalue weighted by atomic mass is 10.2. The highest BCUT2D eigenvalue weighted by atomic mass is 19.4. The van der Waals surface area contributed by atoms with Gasteiger partial charge in [-0.05, 0) is 24.3 Å². The number of carbonyl (C=O) groups is 1. The second-order valence-electron chi connectivity index (χ2n) is 3.56. The molecular weight excluding hydrogens is 247 g/mol. The van der Waals surface area contributed by atoms with Crippen molar-refractivity contribution in [3.8, 4) is 5.69 Å². The molecule has 18 heavy (non-hydrogen) atoms. The van der Waals surface area contributed by atoms with Crippen molar-refractivity contribution in [1.29, 1.82) is 0 Å². The van der Waals surface area contributed by atoms with Gasteiger partial charge in [0.15, 0.2) is 0 Å². The predicted molar refractivity (Wildman–Crippen MR) is 57.1 cm³/mol. The van der Waals surface area contributed by atoms with Crippen molar-refractivity contribution in [2.75, 3.05) is 0 Å². The Bertz CT molecular complexity index is 589. The van der Waals surface area contributed by atoms with Gasteiger partial charge in [-0.3, -0.25) is 4.79 Å². The molecule has 1 aromatic heterocycles. The Hall–Kier alpha value is -2.31. The lowest BCUT2D eigenvalue weighted by Crippen LogP contribution is -2.12. The van der Waals surface area contributed by atoms with Gasteiger partial charge in [-0.1, -0.05) is 6.07 Å². The van der Waals surface area contributed by atoms with Crippen LogP contribution in [0.15, 0.2) is 36.5 Å². The Balaban J connectivity index is 2.41. The Morgan fingerprint density at radius 3 is 2.56 bits per heavy atom. The number of primary amides is 1. The van der Waals surface area contributed by atoms with E-state index in [0.717, 1.165) is 16.8 Å². The van der Waals surface area contributed by atoms with Crippen LogP contribution in [0.1, 0.15) is 16.1 Å². The molecule has 1 heterocycles. The molecule has 2 rings (SSSR count). The van der Waals surface area contributed by atoms with Crippen LogP contribution >= 0.6 is 0 Å². The quantitative estimate of drug-likeness (QED) is 0.892. The molecule has 0 aliphatic rings. The minimum Gasteiger partial charge on any atom is -0.364 e. The molecule has 2 N–H and O–H groups in total. The van der Waals surface area contributed by atoms with Crippen LogP contribution < -0.4 is 5.73 Å². The SMILES string of the molecule is NC(=O)c1ccn(-c2cccc(C(F)(F)F)c2)n1. The third kappa shape index (κ3) is 2.34. The van der Waals surface area contributed by atoms with E-state index in [9.17, 15) is 18.0 Å². The number of hydrogen-bond donors (Lipinski definition) is 1. The van der Waals surface area contributed by atoms with Crippen LogP contribution in [0.3, 0.4) is 0 Å². The summed E-state index contributed by atoms with van der Waals surface area (Å²) >= 11 is 0. The van der Waals surface area contributed by atoms with Gasteiger partial charge in [0, 0.05) is 6.20 Å². The van der Waals surface area contributed by atoms with Gasteiger partial charge in [-0.2, -0.15) is 18.3 Å². The fourth-order valence-electron chi connectivity index (χ4n) is 1.42. The number of benzene rings is 1. The summed E-state index contributed by atoms with van der Waals surface area (Å²) in [7, 11) is 0. The molecule has 0 saturated carbocycles. The summed E-state index contributed by atoms with van der Waals surface area (Å²) in [5.74, 6) is -0.735. The Kier molecular flexibility index (Phi) is 2.82. The molecule has 1 amide bonds. The first kappa shape index (κ1) is 12.2. The molecule has 0 fully saturated rings. The maximum absolute atomic E-state index is 12.5. The maximum Gasteiger partial charge on any atom is 0.416 e. The highest BCUT2D eigenvalue weighted by molar-refractivity contribution is 5.90. The van der Waals surface area contributed by atoms with Crippen LogP contribution in [0.5, 0.6) is 0 Å². The molecule has 0 bridgehead atoms. The first-order chi connectivity index (χ1) is 8.38. The Morgan fingerprint density at radius 1 is 1.28 bits per heavy atom. The fraction of sp³-hybridized carbons (Fsp3) is 0.0909. The summed E-state index contributed by atoms with van der Waals surface area (Å²) in [5, 5.41) is 3.78. The van der Waals surface area contributed by atoms with Gasteiger partial charge in [0.25, 0.3) is 5.91 Å². The molecule has 0 spiro atoms. The zero-order valence-corrected chi connectivity index (χ0v) is 8.98. The predicted octanol–water partition coefficient (Wildman–Crippen LogP) is 1.99. The number of amides is 1. The van der Waals surface area contributed by atoms with E-state index in [1.54, 1.807) is 0 Å². The number of nitrogens with two attached hydrogens (primary N) is 1. The standard InChI is InChI=1S/C11H8F3N3O/c12-11(13,14)7-2-1-3-8(6-7)17-5-4-9(16-17)10(15)18/h1-6H,(H2,15,18). The van der Waals surface area contributed by atoms with Crippen LogP contribution in [0.25, 0.3) is 5.69 Å². The third-order valence-corrected chi connectivity index (χ3v) is 2.28. The van der Waals surface area contributed by atoms with Crippen molar-refractivity contribution in [1.82, 2.24) is 9.78 Å². The summed E-state index contributed by atoms with van der Waals surface area (Å²) < 4.78 is 38.7. The zero-order valence-electron chi connectivity index (χ0n) is 8.98. The molecule has 7 heteroatoms. The molecular formula is C11H8F3N3O. The lowest BCUT2D eigenvalue weighted by Gasteiger charge is -2.08. The largest absolute Gasteiger partial charge is 0.416 e. The van der Waals surface area contributed by atoms with Crippen molar-refractivity contribution in [2.24, 2.45) is 5.73 Å². The van der Waals surface area contributed by atoms with Crippen molar-refractivity contribution in [3.05, 3.63) is 47.8 Å². The van der Waals surface area contributed by atoms with E-state index >= 15 is 0 Å². The fourth-order valence-corrected chi connectivity index (χ4v) is 1.42. The molecule has 1 aromatic carbocycles. The summed E-state index contributed by atoms with van der Waals surface area (Å²) in [4.78, 5) is 10.8. The molecule has 94 valence electrons. The number of nitrogens with zero attached hydrogens (tertiary/aromatic N) is 2. The van der Waals surface area contributed by atoms with Crippen molar-refractivity contribution in [2.45, 2.75) is 6.18 Å². The number of alkyl halides is 3. The normalized spacial score (nSPS) is 11.5. The highest BCUT2D eigenvalue weighted by Crippen LogP contribution is 2.30. The second kappa shape index (κ2) is 4.17. The van der Waals surface area contributed by atoms with Crippen LogP contribution in [0, 0.1) is 0 Å². The van der Waals surface area contributed by atoms with Crippen molar-refractivity contribution < 1.29 is 18.0 Å². The summed E-state index contributed by atoms with van der Waals surface area (Å²) in [6, 6.07) is 5.96. The molecule has 2 aromatic rings. The lowest BCUT2D eigenvalue weighted by molar-refractivity contribution is -0.137. The Labute approximate surface area is 99.8 Å². The number of carbonyl (C=O) groups excluding carboxylic acids is 1. The molecule has 0 unspecified atom stereocenters. The van der Waals surface area contributed by atoms with Crippen LogP contribution in [0.4, 0.5) is 13.2 Å². The van der Waals surface area contributed by atoms with Crippen LogP contribution in [-0.4, -0.2) is 15.7 Å². The Morgan fingerprint density at radius 2 is 2.00 bits per heavy atom. The minimum absolute atomic E-state index is 0.00703. The third-order valence-electron chi connectivity index (χ3n) is 2.28. The van der Waals surface area contributed by atoms with Crippen LogP contribution in [0.2, 0.25) is 0 Å². The monoisotopic (exact) mass is 255 g/mol. The average Bonchev–Trinajstić information content (AvgIpc) is 2.77. The van der Waals surface area contributed by atoms with E-state index in [-0.39, 0.29) is 11.4 Å². The van der Waals surface area contributed by atoms with Crippen molar-refractivity contribution in [3.63, 3.8) is 0 Å². The van der Waals surface area contributed by atoms with Crippen molar-refractivity contribution >= 4 is 5.91 Å². The number of rotatable bonds is 2. The summed E-state index contributed by atoms with van der Waals surface area (Å²) in [6.45, 7) is 0. The number of aromatic nitrogens is 2. The topological polar surface area (TPSA) is 60.9 Å². The van der Waals surface area contributed by atoms with E-state index in [2.05, 4.69) is 5.10 Å². The van der Waals surface area contributed by atoms with Gasteiger partial charge in [-0.15, -0.1) is 0 Å². The van der Waals surface area contributed by atoms with Gasteiger partial charge in [0.2, 0.25) is 0 Å². The number of halogens is 3. The van der Waals surface area contributed by atoms with Gasteiger partial charge in [0.1, 0.15) is 5.69 Å². The van der Waals surface area contributed by atoms with E-state index in [4.69, 9.17) is 5.73 Å². The van der Waals surface area contributed by atoms with Gasteiger partial charge >= 0.3 is 6.18 Å². The maximum atomic E-state index is 12.5. The van der Waals surface area contributed by atoms with Gasteiger partial charge in [-0.25, -0.2) is 4.68 Å². The molecule has 4 nitrogen and oxygen atoms in total. The first-order valence-electron chi connectivity index (χ1n) is 4.91. The summed E-state index contributed by atoms with van der Waals surface area (Å²) in [5.41, 5.74) is 4.43. The zero-order chi connectivity index (χ0) is 13.3. The van der Waals surface area contributed by atoms with E-state index < -0.39 is 17.6 Å². The average molecular weight is 255 g/mol. The molecule has 0 atom stereocenters. The van der Waals surface area contributed by atoms with Gasteiger partial charge < -0.3 is 5.73 Å². The summed E-state index contributed by atoms with van der Waals surface area (Å²) in [6.07, 6.45) is -3.05.